The molecule has 1 saturated carbocycles. The Morgan fingerprint density at radius 3 is 2.35 bits per heavy atom. The minimum absolute atomic E-state index is 0.0183. The molecule has 120 valence electrons. The fourth-order valence-corrected chi connectivity index (χ4v) is 3.18. The van der Waals surface area contributed by atoms with E-state index in [1.54, 1.807) is 0 Å². The molecule has 0 aromatic heterocycles. The predicted octanol–water partition coefficient (Wildman–Crippen LogP) is 3.94. The van der Waals surface area contributed by atoms with Crippen molar-refractivity contribution in [2.75, 3.05) is 13.2 Å². The number of ether oxygens (including phenoxy) is 1. The Labute approximate surface area is 137 Å². The second-order valence-corrected chi connectivity index (χ2v) is 6.14. The van der Waals surface area contributed by atoms with E-state index >= 15 is 0 Å². The van der Waals surface area contributed by atoms with Crippen LogP contribution in [0.5, 0.6) is 5.75 Å². The number of amides is 1. The molecule has 1 aliphatic rings. The van der Waals surface area contributed by atoms with Crippen molar-refractivity contribution in [1.82, 2.24) is 5.32 Å². The largest absolute Gasteiger partial charge is 0.494 e. The summed E-state index contributed by atoms with van der Waals surface area (Å²) in [5.41, 5.74) is 2.12. The number of hydrogen-bond donors (Lipinski definition) is 1. The zero-order valence-corrected chi connectivity index (χ0v) is 13.5. The second kappa shape index (κ2) is 6.86. The Morgan fingerprint density at radius 1 is 1.09 bits per heavy atom. The molecule has 0 atom stereocenters. The van der Waals surface area contributed by atoms with E-state index in [-0.39, 0.29) is 11.3 Å². The van der Waals surface area contributed by atoms with Gasteiger partial charge in [0.1, 0.15) is 5.75 Å². The highest BCUT2D eigenvalue weighted by atomic mass is 16.5. The Kier molecular flexibility index (Phi) is 4.65. The lowest BCUT2D eigenvalue weighted by Gasteiger charge is -2.42. The highest BCUT2D eigenvalue weighted by Crippen LogP contribution is 2.43. The quantitative estimate of drug-likeness (QED) is 0.878. The van der Waals surface area contributed by atoms with Gasteiger partial charge in [-0.2, -0.15) is 0 Å². The molecule has 0 bridgehead atoms. The smallest absolute Gasteiger partial charge is 0.251 e. The summed E-state index contributed by atoms with van der Waals surface area (Å²) >= 11 is 0. The maximum Gasteiger partial charge on any atom is 0.251 e. The van der Waals surface area contributed by atoms with Crippen LogP contribution in [0.4, 0.5) is 0 Å². The number of nitrogens with one attached hydrogen (secondary N) is 1. The second-order valence-electron chi connectivity index (χ2n) is 6.14. The van der Waals surface area contributed by atoms with Gasteiger partial charge in [0.15, 0.2) is 0 Å². The summed E-state index contributed by atoms with van der Waals surface area (Å²) in [7, 11) is 0. The fourth-order valence-electron chi connectivity index (χ4n) is 3.18. The molecule has 2 aromatic carbocycles. The number of carbonyl (C=O) groups is 1. The minimum atomic E-state index is -0.0183. The molecule has 0 radical (unpaired) electrons. The van der Waals surface area contributed by atoms with Crippen molar-refractivity contribution in [2.24, 2.45) is 0 Å². The van der Waals surface area contributed by atoms with Crippen molar-refractivity contribution in [3.63, 3.8) is 0 Å². The average Bonchev–Trinajstić information content (AvgIpc) is 2.56. The van der Waals surface area contributed by atoms with Gasteiger partial charge in [-0.05, 0) is 49.6 Å². The third-order valence-corrected chi connectivity index (χ3v) is 4.71. The lowest BCUT2D eigenvalue weighted by Crippen LogP contribution is -2.45. The van der Waals surface area contributed by atoms with Crippen molar-refractivity contribution in [3.8, 4) is 5.75 Å². The molecule has 2 aromatic rings. The zero-order valence-electron chi connectivity index (χ0n) is 13.5. The van der Waals surface area contributed by atoms with Gasteiger partial charge in [-0.1, -0.05) is 36.8 Å². The van der Waals surface area contributed by atoms with Gasteiger partial charge in [0.05, 0.1) is 6.61 Å². The Bertz CT molecular complexity index is 645. The van der Waals surface area contributed by atoms with E-state index < -0.39 is 0 Å². The van der Waals surface area contributed by atoms with Crippen molar-refractivity contribution < 1.29 is 9.53 Å². The van der Waals surface area contributed by atoms with Gasteiger partial charge in [0.25, 0.3) is 5.91 Å². The fraction of sp³-hybridized carbons (Fsp3) is 0.350. The van der Waals surface area contributed by atoms with E-state index in [0.717, 1.165) is 18.6 Å². The lowest BCUT2D eigenvalue weighted by atomic mass is 9.64. The van der Waals surface area contributed by atoms with Gasteiger partial charge in [0, 0.05) is 17.5 Å². The first-order chi connectivity index (χ1) is 11.2. The third-order valence-electron chi connectivity index (χ3n) is 4.71. The first kappa shape index (κ1) is 15.6. The summed E-state index contributed by atoms with van der Waals surface area (Å²) in [5, 5.41) is 3.11. The maximum atomic E-state index is 12.4. The minimum Gasteiger partial charge on any atom is -0.494 e. The van der Waals surface area contributed by atoms with Crippen LogP contribution in [0, 0.1) is 0 Å². The van der Waals surface area contributed by atoms with Gasteiger partial charge in [-0.15, -0.1) is 0 Å². The summed E-state index contributed by atoms with van der Waals surface area (Å²) < 4.78 is 5.41. The zero-order chi connectivity index (χ0) is 16.1. The summed E-state index contributed by atoms with van der Waals surface area (Å²) in [6.07, 6.45) is 3.51. The molecule has 1 aliphatic carbocycles. The topological polar surface area (TPSA) is 38.3 Å². The molecule has 1 amide bonds. The van der Waals surface area contributed by atoms with Crippen molar-refractivity contribution in [1.29, 1.82) is 0 Å². The van der Waals surface area contributed by atoms with Crippen LogP contribution in [0.3, 0.4) is 0 Å². The highest BCUT2D eigenvalue weighted by molar-refractivity contribution is 5.94. The Hall–Kier alpha value is -2.29. The van der Waals surface area contributed by atoms with E-state index in [4.69, 9.17) is 4.74 Å². The molecular weight excluding hydrogens is 286 g/mol. The van der Waals surface area contributed by atoms with Crippen LogP contribution < -0.4 is 10.1 Å². The first-order valence-electron chi connectivity index (χ1n) is 8.30. The number of carbonyl (C=O) groups excluding carboxylic acids is 1. The standard InChI is InChI=1S/C20H23NO2/c1-2-23-18-11-9-16(10-12-18)19(22)21-15-20(13-6-14-20)17-7-4-3-5-8-17/h3-5,7-12H,2,6,13-15H2,1H3,(H,21,22). The van der Waals surface area contributed by atoms with Gasteiger partial charge in [-0.25, -0.2) is 0 Å². The molecule has 0 saturated heterocycles. The van der Waals surface area contributed by atoms with Crippen LogP contribution in [0.2, 0.25) is 0 Å². The molecule has 1 N–H and O–H groups in total. The molecule has 23 heavy (non-hydrogen) atoms. The van der Waals surface area contributed by atoms with Gasteiger partial charge >= 0.3 is 0 Å². The summed E-state index contributed by atoms with van der Waals surface area (Å²) in [4.78, 5) is 12.4. The van der Waals surface area contributed by atoms with E-state index in [2.05, 4.69) is 29.6 Å². The molecule has 1 fully saturated rings. The molecule has 3 heteroatoms. The molecule has 3 nitrogen and oxygen atoms in total. The van der Waals surface area contributed by atoms with Crippen molar-refractivity contribution in [3.05, 3.63) is 65.7 Å². The van der Waals surface area contributed by atoms with Crippen LogP contribution in [0.15, 0.2) is 54.6 Å². The number of hydrogen-bond acceptors (Lipinski definition) is 2. The maximum absolute atomic E-state index is 12.4. The van der Waals surface area contributed by atoms with E-state index in [0.29, 0.717) is 18.7 Å². The van der Waals surface area contributed by atoms with Gasteiger partial charge < -0.3 is 10.1 Å². The first-order valence-corrected chi connectivity index (χ1v) is 8.30. The Balaban J connectivity index is 1.64. The number of benzene rings is 2. The van der Waals surface area contributed by atoms with Crippen LogP contribution in [-0.2, 0) is 5.41 Å². The SMILES string of the molecule is CCOc1ccc(C(=O)NCC2(c3ccccc3)CCC2)cc1. The van der Waals surface area contributed by atoms with E-state index in [1.165, 1.54) is 12.0 Å². The molecular formula is C20H23NO2. The molecule has 0 heterocycles. The molecule has 3 rings (SSSR count). The van der Waals surface area contributed by atoms with Crippen LogP contribution in [-0.4, -0.2) is 19.1 Å². The summed E-state index contributed by atoms with van der Waals surface area (Å²) in [6.45, 7) is 3.27. The Morgan fingerprint density at radius 2 is 1.78 bits per heavy atom. The number of rotatable bonds is 6. The normalized spacial score (nSPS) is 15.5. The average molecular weight is 309 g/mol. The van der Waals surface area contributed by atoms with Crippen molar-refractivity contribution >= 4 is 5.91 Å². The van der Waals surface area contributed by atoms with Crippen LogP contribution >= 0.6 is 0 Å². The highest BCUT2D eigenvalue weighted by Gasteiger charge is 2.38. The molecule has 0 spiro atoms. The summed E-state index contributed by atoms with van der Waals surface area (Å²) in [6, 6.07) is 17.8. The molecule has 0 aliphatic heterocycles. The molecule has 0 unspecified atom stereocenters. The van der Waals surface area contributed by atoms with E-state index in [9.17, 15) is 4.79 Å². The van der Waals surface area contributed by atoms with Crippen LogP contribution in [0.1, 0.15) is 42.1 Å². The van der Waals surface area contributed by atoms with Crippen LogP contribution in [0.25, 0.3) is 0 Å². The van der Waals surface area contributed by atoms with Gasteiger partial charge in [-0.3, -0.25) is 4.79 Å². The van der Waals surface area contributed by atoms with Crippen molar-refractivity contribution in [2.45, 2.75) is 31.6 Å². The van der Waals surface area contributed by atoms with Gasteiger partial charge in [0.2, 0.25) is 0 Å². The monoisotopic (exact) mass is 309 g/mol. The predicted molar refractivity (Wildman–Crippen MR) is 91.9 cm³/mol. The summed E-state index contributed by atoms with van der Waals surface area (Å²) in [5.74, 6) is 0.777. The van der Waals surface area contributed by atoms with E-state index in [1.807, 2.05) is 37.3 Å². The lowest BCUT2D eigenvalue weighted by molar-refractivity contribution is 0.0928. The third kappa shape index (κ3) is 3.39.